The summed E-state index contributed by atoms with van der Waals surface area (Å²) in [7, 11) is 3.38. The van der Waals surface area contributed by atoms with Crippen molar-refractivity contribution in [1.82, 2.24) is 20.0 Å². The van der Waals surface area contributed by atoms with E-state index in [-0.39, 0.29) is 0 Å². The number of nitrogens with zero attached hydrogens (tertiary/aromatic N) is 3. The number of fused-ring (bicyclic) bond motifs is 1. The van der Waals surface area contributed by atoms with E-state index >= 15 is 0 Å². The van der Waals surface area contributed by atoms with E-state index in [1.165, 1.54) is 0 Å². The molecule has 1 aromatic carbocycles. The predicted octanol–water partition coefficient (Wildman–Crippen LogP) is 2.85. The number of imidazole rings is 1. The molecule has 0 atom stereocenters. The fraction of sp³-hybridized carbons (Fsp3) is 0.263. The minimum Gasteiger partial charge on any atom is -0.497 e. The molecule has 0 fully saturated rings. The van der Waals surface area contributed by atoms with Gasteiger partial charge in [-0.25, -0.2) is 4.98 Å². The quantitative estimate of drug-likeness (QED) is 0.341. The zero-order valence-electron chi connectivity index (χ0n) is 15.3. The first kappa shape index (κ1) is 19.0. The molecule has 2 heterocycles. The van der Waals surface area contributed by atoms with Gasteiger partial charge in [-0.3, -0.25) is 4.99 Å². The van der Waals surface area contributed by atoms with Crippen molar-refractivity contribution in [2.45, 2.75) is 6.54 Å². The molecule has 3 rings (SSSR count). The zero-order chi connectivity index (χ0) is 19.1. The molecule has 3 aromatic rings. The molecular formula is C19H22BrN5O2. The maximum absolute atomic E-state index is 5.69. The summed E-state index contributed by atoms with van der Waals surface area (Å²) in [5.74, 6) is 2.31. The number of hydrogen-bond donors (Lipinski definition) is 2. The lowest BCUT2D eigenvalue weighted by atomic mass is 10.3. The second kappa shape index (κ2) is 9.27. The van der Waals surface area contributed by atoms with Crippen molar-refractivity contribution in [2.24, 2.45) is 4.99 Å². The van der Waals surface area contributed by atoms with Gasteiger partial charge in [-0.15, -0.1) is 0 Å². The van der Waals surface area contributed by atoms with E-state index in [0.717, 1.165) is 27.3 Å². The predicted molar refractivity (Wildman–Crippen MR) is 110 cm³/mol. The number of rotatable bonds is 7. The number of pyridine rings is 1. The number of benzene rings is 1. The highest BCUT2D eigenvalue weighted by Gasteiger charge is 2.04. The monoisotopic (exact) mass is 431 g/mol. The van der Waals surface area contributed by atoms with Crippen LogP contribution in [0.5, 0.6) is 11.5 Å². The van der Waals surface area contributed by atoms with Crippen molar-refractivity contribution < 1.29 is 9.47 Å². The van der Waals surface area contributed by atoms with Crippen LogP contribution in [0.1, 0.15) is 5.69 Å². The van der Waals surface area contributed by atoms with Gasteiger partial charge in [0.05, 0.1) is 25.9 Å². The summed E-state index contributed by atoms with van der Waals surface area (Å²) in [6, 6.07) is 11.5. The Bertz CT molecular complexity index is 908. The van der Waals surface area contributed by atoms with Crippen molar-refractivity contribution in [3.63, 3.8) is 0 Å². The Kier molecular flexibility index (Phi) is 6.54. The molecule has 0 aliphatic rings. The summed E-state index contributed by atoms with van der Waals surface area (Å²) in [4.78, 5) is 8.79. The third-order valence-electron chi connectivity index (χ3n) is 3.85. The number of nitrogens with one attached hydrogen (secondary N) is 2. The Morgan fingerprint density at radius 3 is 2.63 bits per heavy atom. The summed E-state index contributed by atoms with van der Waals surface area (Å²) in [5, 5.41) is 6.48. The van der Waals surface area contributed by atoms with Crippen LogP contribution >= 0.6 is 15.9 Å². The molecule has 0 aliphatic heterocycles. The van der Waals surface area contributed by atoms with E-state index in [1.54, 1.807) is 14.2 Å². The van der Waals surface area contributed by atoms with Crippen LogP contribution in [0.4, 0.5) is 0 Å². The van der Waals surface area contributed by atoms with Crippen molar-refractivity contribution in [2.75, 3.05) is 27.3 Å². The highest BCUT2D eigenvalue weighted by Crippen LogP contribution is 2.16. The molecule has 8 heteroatoms. The molecule has 0 unspecified atom stereocenters. The van der Waals surface area contributed by atoms with Gasteiger partial charge in [-0.05, 0) is 52.3 Å². The van der Waals surface area contributed by atoms with Crippen LogP contribution in [0, 0.1) is 0 Å². The number of methoxy groups -OCH3 is 1. The van der Waals surface area contributed by atoms with Gasteiger partial charge in [0.2, 0.25) is 0 Å². The summed E-state index contributed by atoms with van der Waals surface area (Å²) < 4.78 is 13.8. The van der Waals surface area contributed by atoms with Crippen LogP contribution < -0.4 is 20.1 Å². The van der Waals surface area contributed by atoms with Crippen LogP contribution in [0.15, 0.2) is 58.3 Å². The number of ether oxygens (including phenoxy) is 2. The van der Waals surface area contributed by atoms with Crippen LogP contribution in [0.3, 0.4) is 0 Å². The first-order chi connectivity index (χ1) is 13.2. The number of aromatic nitrogens is 2. The molecule has 27 heavy (non-hydrogen) atoms. The summed E-state index contributed by atoms with van der Waals surface area (Å²) in [6.07, 6.45) is 3.97. The van der Waals surface area contributed by atoms with Gasteiger partial charge in [0.15, 0.2) is 5.96 Å². The Morgan fingerprint density at radius 1 is 1.11 bits per heavy atom. The highest BCUT2D eigenvalue weighted by atomic mass is 79.9. The second-order valence-corrected chi connectivity index (χ2v) is 6.64. The average Bonchev–Trinajstić information content (AvgIpc) is 3.09. The van der Waals surface area contributed by atoms with E-state index in [0.29, 0.717) is 25.7 Å². The molecule has 0 bridgehead atoms. The maximum atomic E-state index is 5.69. The first-order valence-corrected chi connectivity index (χ1v) is 9.32. The van der Waals surface area contributed by atoms with E-state index in [4.69, 9.17) is 9.47 Å². The van der Waals surface area contributed by atoms with Gasteiger partial charge in [0, 0.05) is 23.9 Å². The normalized spacial score (nSPS) is 11.4. The van der Waals surface area contributed by atoms with Gasteiger partial charge < -0.3 is 24.5 Å². The van der Waals surface area contributed by atoms with Crippen LogP contribution in [-0.4, -0.2) is 42.7 Å². The third-order valence-corrected chi connectivity index (χ3v) is 4.32. The number of aliphatic imine (C=N–C) groups is 1. The summed E-state index contributed by atoms with van der Waals surface area (Å²) in [6.45, 7) is 1.73. The van der Waals surface area contributed by atoms with E-state index in [1.807, 2.05) is 53.2 Å². The Hall–Kier alpha value is -2.74. The molecule has 0 aliphatic carbocycles. The molecule has 0 saturated heterocycles. The van der Waals surface area contributed by atoms with E-state index in [9.17, 15) is 0 Å². The molecular weight excluding hydrogens is 410 g/mol. The molecule has 0 saturated carbocycles. The Morgan fingerprint density at radius 2 is 1.89 bits per heavy atom. The third kappa shape index (κ3) is 5.37. The first-order valence-electron chi connectivity index (χ1n) is 8.52. The molecule has 2 aromatic heterocycles. The number of halogens is 1. The van der Waals surface area contributed by atoms with Gasteiger partial charge in [-0.1, -0.05) is 0 Å². The van der Waals surface area contributed by atoms with Crippen molar-refractivity contribution in [3.05, 3.63) is 59.0 Å². The van der Waals surface area contributed by atoms with E-state index < -0.39 is 0 Å². The van der Waals surface area contributed by atoms with Crippen molar-refractivity contribution in [1.29, 1.82) is 0 Å². The number of hydrogen-bond acceptors (Lipinski definition) is 4. The minimum absolute atomic E-state index is 0.523. The molecule has 0 spiro atoms. The Labute approximate surface area is 166 Å². The molecule has 0 amide bonds. The fourth-order valence-electron chi connectivity index (χ4n) is 2.51. The smallest absolute Gasteiger partial charge is 0.191 e. The molecule has 0 radical (unpaired) electrons. The molecule has 142 valence electrons. The van der Waals surface area contributed by atoms with Crippen molar-refractivity contribution >= 4 is 27.5 Å². The van der Waals surface area contributed by atoms with Gasteiger partial charge in [0.1, 0.15) is 23.8 Å². The summed E-state index contributed by atoms with van der Waals surface area (Å²) in [5.41, 5.74) is 1.84. The number of guanidine groups is 1. The largest absolute Gasteiger partial charge is 0.497 e. The SMILES string of the molecule is CN=C(NCCOc1ccc(OC)cc1)NCc1cn2cc(Br)ccc2n1. The van der Waals surface area contributed by atoms with E-state index in [2.05, 4.69) is 36.5 Å². The van der Waals surface area contributed by atoms with Crippen LogP contribution in [-0.2, 0) is 6.54 Å². The van der Waals surface area contributed by atoms with Crippen LogP contribution in [0.25, 0.3) is 5.65 Å². The van der Waals surface area contributed by atoms with Crippen molar-refractivity contribution in [3.8, 4) is 11.5 Å². The maximum Gasteiger partial charge on any atom is 0.191 e. The highest BCUT2D eigenvalue weighted by molar-refractivity contribution is 9.10. The van der Waals surface area contributed by atoms with Crippen LogP contribution in [0.2, 0.25) is 0 Å². The lowest BCUT2D eigenvalue weighted by molar-refractivity contribution is 0.321. The lowest BCUT2D eigenvalue weighted by Crippen LogP contribution is -2.38. The summed E-state index contributed by atoms with van der Waals surface area (Å²) >= 11 is 3.46. The molecule has 2 N–H and O–H groups in total. The minimum atomic E-state index is 0.523. The second-order valence-electron chi connectivity index (χ2n) is 5.72. The van der Waals surface area contributed by atoms with Gasteiger partial charge in [0.25, 0.3) is 0 Å². The Balaban J connectivity index is 1.43. The molecule has 7 nitrogen and oxygen atoms in total. The van der Waals surface area contributed by atoms with Gasteiger partial charge in [-0.2, -0.15) is 0 Å². The topological polar surface area (TPSA) is 72.2 Å². The van der Waals surface area contributed by atoms with Gasteiger partial charge >= 0.3 is 0 Å². The average molecular weight is 432 g/mol. The zero-order valence-corrected chi connectivity index (χ0v) is 16.9. The lowest BCUT2D eigenvalue weighted by Gasteiger charge is -2.12. The standard InChI is InChI=1S/C19H22BrN5O2/c1-21-19(22-9-10-27-17-6-4-16(26-2)5-7-17)23-11-15-13-25-12-14(20)3-8-18(25)24-15/h3-8,12-13H,9-11H2,1-2H3,(H2,21,22,23). The fourth-order valence-corrected chi connectivity index (χ4v) is 2.86.